The highest BCUT2D eigenvalue weighted by Gasteiger charge is 2.08. The van der Waals surface area contributed by atoms with Crippen molar-refractivity contribution >= 4 is 0 Å². The summed E-state index contributed by atoms with van der Waals surface area (Å²) in [7, 11) is 0. The Morgan fingerprint density at radius 3 is 2.70 bits per heavy atom. The molecule has 1 aromatic heterocycles. The second-order valence-corrected chi connectivity index (χ2v) is 4.80. The van der Waals surface area contributed by atoms with E-state index in [1.807, 2.05) is 13.0 Å². The van der Waals surface area contributed by atoms with Crippen LogP contribution < -0.4 is 10.1 Å². The van der Waals surface area contributed by atoms with Crippen molar-refractivity contribution in [1.82, 2.24) is 5.32 Å². The number of furan rings is 1. The third-order valence-corrected chi connectivity index (χ3v) is 3.12. The molecule has 2 aromatic rings. The molecule has 0 aliphatic heterocycles. The summed E-state index contributed by atoms with van der Waals surface area (Å²) in [6.45, 7) is 7.76. The van der Waals surface area contributed by atoms with Crippen molar-refractivity contribution in [3.05, 3.63) is 52.7 Å². The van der Waals surface area contributed by atoms with Gasteiger partial charge in [-0.25, -0.2) is 4.39 Å². The molecule has 2 rings (SSSR count). The minimum Gasteiger partial charge on any atom is -0.486 e. The van der Waals surface area contributed by atoms with Gasteiger partial charge in [-0.3, -0.25) is 0 Å². The molecule has 0 radical (unpaired) electrons. The Hall–Kier alpha value is -1.81. The number of aryl methyl sites for hydroxylation is 2. The fourth-order valence-electron chi connectivity index (χ4n) is 1.94. The van der Waals surface area contributed by atoms with Crippen LogP contribution in [0, 0.1) is 19.7 Å². The highest BCUT2D eigenvalue weighted by atomic mass is 19.1. The van der Waals surface area contributed by atoms with E-state index in [1.54, 1.807) is 19.1 Å². The first kappa shape index (κ1) is 14.6. The van der Waals surface area contributed by atoms with Gasteiger partial charge in [-0.05, 0) is 55.8 Å². The molecule has 0 unspecified atom stereocenters. The molecule has 0 aliphatic rings. The maximum Gasteiger partial charge on any atom is 0.146 e. The van der Waals surface area contributed by atoms with Crippen molar-refractivity contribution in [1.29, 1.82) is 0 Å². The quantitative estimate of drug-likeness (QED) is 0.873. The first-order valence-electron chi connectivity index (χ1n) is 6.78. The number of hydrogen-bond acceptors (Lipinski definition) is 3. The first-order valence-corrected chi connectivity index (χ1v) is 6.78. The number of nitrogens with one attached hydrogen (secondary N) is 1. The molecule has 20 heavy (non-hydrogen) atoms. The summed E-state index contributed by atoms with van der Waals surface area (Å²) >= 11 is 0. The molecular formula is C16H20FNO2. The molecule has 3 nitrogen and oxygen atoms in total. The Morgan fingerprint density at radius 1 is 1.20 bits per heavy atom. The van der Waals surface area contributed by atoms with Gasteiger partial charge >= 0.3 is 0 Å². The van der Waals surface area contributed by atoms with Crippen LogP contribution in [0.4, 0.5) is 4.39 Å². The van der Waals surface area contributed by atoms with Crippen molar-refractivity contribution in [3.63, 3.8) is 0 Å². The molecule has 0 bridgehead atoms. The fourth-order valence-corrected chi connectivity index (χ4v) is 1.94. The van der Waals surface area contributed by atoms with Crippen LogP contribution >= 0.6 is 0 Å². The number of halogens is 1. The highest BCUT2D eigenvalue weighted by Crippen LogP contribution is 2.19. The molecule has 0 spiro atoms. The van der Waals surface area contributed by atoms with E-state index in [0.717, 1.165) is 30.2 Å². The minimum absolute atomic E-state index is 0.223. The van der Waals surface area contributed by atoms with Gasteiger partial charge in [0.1, 0.15) is 29.7 Å². The van der Waals surface area contributed by atoms with E-state index in [4.69, 9.17) is 9.15 Å². The smallest absolute Gasteiger partial charge is 0.146 e. The van der Waals surface area contributed by atoms with Crippen LogP contribution in [0.25, 0.3) is 0 Å². The third kappa shape index (κ3) is 3.61. The van der Waals surface area contributed by atoms with Gasteiger partial charge in [0.05, 0.1) is 6.54 Å². The first-order chi connectivity index (χ1) is 9.60. The second kappa shape index (κ2) is 6.57. The fraction of sp³-hybridized carbons (Fsp3) is 0.375. The zero-order chi connectivity index (χ0) is 14.5. The number of benzene rings is 1. The van der Waals surface area contributed by atoms with Crippen LogP contribution in [0.3, 0.4) is 0 Å². The average Bonchev–Trinajstić information content (AvgIpc) is 2.78. The standard InChI is InChI=1S/C16H20FNO2/c1-4-18-9-16-12(3)8-14(20-16)10-19-13-5-6-15(17)11(2)7-13/h5-8,18H,4,9-10H2,1-3H3. The van der Waals surface area contributed by atoms with Crippen LogP contribution in [0.1, 0.15) is 29.6 Å². The summed E-state index contributed by atoms with van der Waals surface area (Å²) in [5.41, 5.74) is 1.69. The maximum absolute atomic E-state index is 13.2. The van der Waals surface area contributed by atoms with E-state index < -0.39 is 0 Å². The predicted octanol–water partition coefficient (Wildman–Crippen LogP) is 3.72. The van der Waals surface area contributed by atoms with Gasteiger partial charge < -0.3 is 14.5 Å². The Kier molecular flexibility index (Phi) is 4.79. The van der Waals surface area contributed by atoms with E-state index in [1.165, 1.54) is 6.07 Å². The maximum atomic E-state index is 13.2. The lowest BCUT2D eigenvalue weighted by Gasteiger charge is -2.05. The molecule has 0 atom stereocenters. The summed E-state index contributed by atoms with van der Waals surface area (Å²) in [6, 6.07) is 6.69. The number of rotatable bonds is 6. The van der Waals surface area contributed by atoms with E-state index >= 15 is 0 Å². The number of hydrogen-bond donors (Lipinski definition) is 1. The molecular weight excluding hydrogens is 257 g/mol. The van der Waals surface area contributed by atoms with Gasteiger partial charge in [-0.2, -0.15) is 0 Å². The van der Waals surface area contributed by atoms with Gasteiger partial charge in [0.2, 0.25) is 0 Å². The molecule has 1 aromatic carbocycles. The molecule has 1 heterocycles. The predicted molar refractivity (Wildman–Crippen MR) is 76.3 cm³/mol. The zero-order valence-corrected chi connectivity index (χ0v) is 12.1. The zero-order valence-electron chi connectivity index (χ0n) is 12.1. The molecule has 0 aliphatic carbocycles. The Bertz CT molecular complexity index is 578. The van der Waals surface area contributed by atoms with E-state index in [9.17, 15) is 4.39 Å². The van der Waals surface area contributed by atoms with Crippen LogP contribution in [0.15, 0.2) is 28.7 Å². The van der Waals surface area contributed by atoms with Crippen molar-refractivity contribution in [2.75, 3.05) is 6.54 Å². The van der Waals surface area contributed by atoms with Gasteiger partial charge in [0.25, 0.3) is 0 Å². The van der Waals surface area contributed by atoms with Crippen LogP contribution in [-0.2, 0) is 13.2 Å². The van der Waals surface area contributed by atoms with Gasteiger partial charge in [-0.1, -0.05) is 6.92 Å². The Morgan fingerprint density at radius 2 is 2.00 bits per heavy atom. The van der Waals surface area contributed by atoms with Crippen LogP contribution in [-0.4, -0.2) is 6.54 Å². The summed E-state index contributed by atoms with van der Waals surface area (Å²) in [6.07, 6.45) is 0. The number of ether oxygens (including phenoxy) is 1. The molecule has 4 heteroatoms. The minimum atomic E-state index is -0.223. The van der Waals surface area contributed by atoms with Crippen molar-refractivity contribution in [2.24, 2.45) is 0 Å². The monoisotopic (exact) mass is 277 g/mol. The molecule has 0 saturated heterocycles. The summed E-state index contributed by atoms with van der Waals surface area (Å²) in [4.78, 5) is 0. The Balaban J connectivity index is 1.98. The van der Waals surface area contributed by atoms with Crippen molar-refractivity contribution < 1.29 is 13.5 Å². The average molecular weight is 277 g/mol. The van der Waals surface area contributed by atoms with Crippen molar-refractivity contribution in [2.45, 2.75) is 33.9 Å². The van der Waals surface area contributed by atoms with Crippen molar-refractivity contribution in [3.8, 4) is 5.75 Å². The molecule has 108 valence electrons. The van der Waals surface area contributed by atoms with E-state index in [-0.39, 0.29) is 5.82 Å². The van der Waals surface area contributed by atoms with E-state index in [0.29, 0.717) is 17.9 Å². The molecule has 0 amide bonds. The lowest BCUT2D eigenvalue weighted by atomic mass is 10.2. The molecule has 1 N–H and O–H groups in total. The lowest BCUT2D eigenvalue weighted by Crippen LogP contribution is -2.11. The topological polar surface area (TPSA) is 34.4 Å². The lowest BCUT2D eigenvalue weighted by molar-refractivity contribution is 0.264. The largest absolute Gasteiger partial charge is 0.486 e. The third-order valence-electron chi connectivity index (χ3n) is 3.12. The highest BCUT2D eigenvalue weighted by molar-refractivity contribution is 5.29. The van der Waals surface area contributed by atoms with Gasteiger partial charge in [0, 0.05) is 0 Å². The van der Waals surface area contributed by atoms with Crippen LogP contribution in [0.2, 0.25) is 0 Å². The molecule has 0 saturated carbocycles. The van der Waals surface area contributed by atoms with Gasteiger partial charge in [0.15, 0.2) is 0 Å². The van der Waals surface area contributed by atoms with E-state index in [2.05, 4.69) is 12.2 Å². The summed E-state index contributed by atoms with van der Waals surface area (Å²) in [5, 5.41) is 3.23. The Labute approximate surface area is 118 Å². The van der Waals surface area contributed by atoms with Crippen LogP contribution in [0.5, 0.6) is 5.75 Å². The normalized spacial score (nSPS) is 10.8. The summed E-state index contributed by atoms with van der Waals surface area (Å²) in [5.74, 6) is 2.13. The second-order valence-electron chi connectivity index (χ2n) is 4.80. The molecule has 0 fully saturated rings. The SMILES string of the molecule is CCNCc1oc(COc2ccc(F)c(C)c2)cc1C. The summed E-state index contributed by atoms with van der Waals surface area (Å²) < 4.78 is 24.5. The van der Waals surface area contributed by atoms with Gasteiger partial charge in [-0.15, -0.1) is 0 Å².